The normalized spacial score (nSPS) is 20.8. The van der Waals surface area contributed by atoms with Gasteiger partial charge in [0.15, 0.2) is 5.78 Å². The highest BCUT2D eigenvalue weighted by molar-refractivity contribution is 7.10. The summed E-state index contributed by atoms with van der Waals surface area (Å²) in [6.07, 6.45) is 0.967. The number of hydrogen-bond acceptors (Lipinski definition) is 6. The molecule has 2 atom stereocenters. The van der Waals surface area contributed by atoms with E-state index in [1.807, 2.05) is 24.4 Å². The number of dihydropyridines is 1. The molecule has 2 aliphatic rings. The third-order valence-electron chi connectivity index (χ3n) is 5.87. The number of carbonyl (C=O) groups excluding carboxylic acids is 2. The Kier molecular flexibility index (Phi) is 6.86. The lowest BCUT2D eigenvalue weighted by molar-refractivity contribution is -0.140. The van der Waals surface area contributed by atoms with Gasteiger partial charge in [-0.1, -0.05) is 24.3 Å². The molecule has 168 valence electrons. The molecule has 0 fully saturated rings. The number of allylic oxidation sites excluding steroid dienone is 3. The van der Waals surface area contributed by atoms with Crippen LogP contribution in [0.1, 0.15) is 49.0 Å². The van der Waals surface area contributed by atoms with Gasteiger partial charge in [0.1, 0.15) is 12.4 Å². The fourth-order valence-corrected chi connectivity index (χ4v) is 5.30. The van der Waals surface area contributed by atoms with Gasteiger partial charge in [0.25, 0.3) is 0 Å². The number of nitrogens with one attached hydrogen (secondary N) is 1. The molecule has 5 nitrogen and oxygen atoms in total. The Bertz CT molecular complexity index is 1070. The molecule has 0 bridgehead atoms. The minimum atomic E-state index is -0.802. The number of ether oxygens (including phenoxy) is 2. The lowest BCUT2D eigenvalue weighted by Gasteiger charge is -2.36. The van der Waals surface area contributed by atoms with Crippen LogP contribution in [0.2, 0.25) is 0 Å². The maximum atomic E-state index is 14.9. The van der Waals surface area contributed by atoms with Gasteiger partial charge in [-0.3, -0.25) is 4.79 Å². The van der Waals surface area contributed by atoms with Crippen molar-refractivity contribution in [3.05, 3.63) is 80.6 Å². The van der Waals surface area contributed by atoms with Gasteiger partial charge < -0.3 is 14.8 Å². The lowest BCUT2D eigenvalue weighted by atomic mass is 9.72. The predicted molar refractivity (Wildman–Crippen MR) is 121 cm³/mol. The number of Topliss-reactive ketones (excluding diaryl/α,β-unsaturated/α-hetero) is 1. The van der Waals surface area contributed by atoms with Gasteiger partial charge in [0, 0.05) is 46.4 Å². The van der Waals surface area contributed by atoms with Gasteiger partial charge in [0.05, 0.1) is 18.1 Å². The number of thiophene rings is 1. The van der Waals surface area contributed by atoms with Crippen molar-refractivity contribution in [1.29, 1.82) is 0 Å². The van der Waals surface area contributed by atoms with E-state index in [4.69, 9.17) is 9.47 Å². The summed E-state index contributed by atoms with van der Waals surface area (Å²) in [5, 5.41) is 5.28. The number of ketones is 1. The topological polar surface area (TPSA) is 64.6 Å². The highest BCUT2D eigenvalue weighted by atomic mass is 32.1. The van der Waals surface area contributed by atoms with Crippen molar-refractivity contribution < 1.29 is 23.5 Å². The van der Waals surface area contributed by atoms with Crippen molar-refractivity contribution in [2.75, 3.05) is 19.8 Å². The molecule has 1 aromatic carbocycles. The molecule has 0 saturated heterocycles. The van der Waals surface area contributed by atoms with Crippen molar-refractivity contribution in [3.8, 4) is 0 Å². The van der Waals surface area contributed by atoms with E-state index in [1.54, 1.807) is 36.5 Å². The summed E-state index contributed by atoms with van der Waals surface area (Å²) in [5.41, 5.74) is 2.38. The second kappa shape index (κ2) is 9.79. The van der Waals surface area contributed by atoms with E-state index in [0.717, 1.165) is 10.6 Å². The first-order valence-corrected chi connectivity index (χ1v) is 11.7. The minimum Gasteiger partial charge on any atom is -0.460 e. The summed E-state index contributed by atoms with van der Waals surface area (Å²) >= 11 is 1.63. The standard InChI is InChI=1S/C25H26FNO4S/c1-3-30-10-11-31-25(29)22-15(2)27-19-13-16(21-9-6-12-32-21)14-20(28)24(19)23(22)17-7-4-5-8-18(17)26/h4-9,12,16,23,27H,3,10-11,13-14H2,1-2H3/t16-,23-/m1/s1. The Balaban J connectivity index is 1.73. The van der Waals surface area contributed by atoms with E-state index in [9.17, 15) is 14.0 Å². The Labute approximate surface area is 190 Å². The van der Waals surface area contributed by atoms with Crippen LogP contribution in [0.15, 0.2) is 64.3 Å². The van der Waals surface area contributed by atoms with Crippen molar-refractivity contribution in [2.45, 2.75) is 38.5 Å². The zero-order valence-electron chi connectivity index (χ0n) is 18.2. The maximum absolute atomic E-state index is 14.9. The molecule has 1 aromatic heterocycles. The van der Waals surface area contributed by atoms with Gasteiger partial charge >= 0.3 is 5.97 Å². The second-order valence-corrected chi connectivity index (χ2v) is 8.87. The molecule has 0 spiro atoms. The lowest BCUT2D eigenvalue weighted by Crippen LogP contribution is -2.36. The zero-order valence-corrected chi connectivity index (χ0v) is 19.0. The molecule has 0 saturated carbocycles. The predicted octanol–water partition coefficient (Wildman–Crippen LogP) is 4.83. The summed E-state index contributed by atoms with van der Waals surface area (Å²) in [4.78, 5) is 27.6. The first kappa shape index (κ1) is 22.4. The summed E-state index contributed by atoms with van der Waals surface area (Å²) in [6, 6.07) is 10.3. The van der Waals surface area contributed by atoms with E-state index in [1.165, 1.54) is 6.07 Å². The molecule has 32 heavy (non-hydrogen) atoms. The van der Waals surface area contributed by atoms with Gasteiger partial charge in [-0.15, -0.1) is 11.3 Å². The third kappa shape index (κ3) is 4.40. The van der Waals surface area contributed by atoms with Crippen LogP contribution in [0.25, 0.3) is 0 Å². The molecule has 1 aliphatic carbocycles. The van der Waals surface area contributed by atoms with Crippen LogP contribution in [-0.4, -0.2) is 31.6 Å². The van der Waals surface area contributed by atoms with Crippen LogP contribution >= 0.6 is 11.3 Å². The summed E-state index contributed by atoms with van der Waals surface area (Å²) in [5.74, 6) is -1.82. The number of rotatable bonds is 7. The van der Waals surface area contributed by atoms with Crippen LogP contribution < -0.4 is 5.32 Å². The molecule has 7 heteroatoms. The van der Waals surface area contributed by atoms with Crippen LogP contribution in [0.5, 0.6) is 0 Å². The number of hydrogen-bond donors (Lipinski definition) is 1. The highest BCUT2D eigenvalue weighted by Gasteiger charge is 2.42. The average Bonchev–Trinajstić information content (AvgIpc) is 3.31. The Morgan fingerprint density at radius 3 is 2.72 bits per heavy atom. The molecular formula is C25H26FNO4S. The van der Waals surface area contributed by atoms with Gasteiger partial charge in [-0.05, 0) is 37.8 Å². The van der Waals surface area contributed by atoms with Crippen molar-refractivity contribution in [2.24, 2.45) is 0 Å². The van der Waals surface area contributed by atoms with Crippen molar-refractivity contribution in [1.82, 2.24) is 5.32 Å². The summed E-state index contributed by atoms with van der Waals surface area (Å²) in [6.45, 7) is 4.53. The van der Waals surface area contributed by atoms with Crippen molar-refractivity contribution >= 4 is 23.1 Å². The molecular weight excluding hydrogens is 429 g/mol. The quantitative estimate of drug-likeness (QED) is 0.479. The summed E-state index contributed by atoms with van der Waals surface area (Å²) in [7, 11) is 0. The maximum Gasteiger partial charge on any atom is 0.336 e. The number of esters is 1. The minimum absolute atomic E-state index is 0.0717. The Morgan fingerprint density at radius 1 is 1.19 bits per heavy atom. The highest BCUT2D eigenvalue weighted by Crippen LogP contribution is 2.46. The molecule has 0 amide bonds. The van der Waals surface area contributed by atoms with Crippen molar-refractivity contribution in [3.63, 3.8) is 0 Å². The number of benzene rings is 1. The first-order valence-electron chi connectivity index (χ1n) is 10.8. The van der Waals surface area contributed by atoms with Crippen LogP contribution in [0.4, 0.5) is 4.39 Å². The number of carbonyl (C=O) groups is 2. The van der Waals surface area contributed by atoms with Gasteiger partial charge in [-0.2, -0.15) is 0 Å². The smallest absolute Gasteiger partial charge is 0.336 e. The zero-order chi connectivity index (χ0) is 22.7. The largest absolute Gasteiger partial charge is 0.460 e. The fraction of sp³-hybridized carbons (Fsp3) is 0.360. The Hall–Kier alpha value is -2.77. The fourth-order valence-electron chi connectivity index (χ4n) is 4.47. The van der Waals surface area contributed by atoms with Crippen LogP contribution in [-0.2, 0) is 19.1 Å². The molecule has 0 radical (unpaired) electrons. The van der Waals surface area contributed by atoms with E-state index < -0.39 is 17.7 Å². The van der Waals surface area contributed by atoms with Crippen LogP contribution in [0.3, 0.4) is 0 Å². The van der Waals surface area contributed by atoms with E-state index in [-0.39, 0.29) is 30.5 Å². The first-order chi connectivity index (χ1) is 15.5. The molecule has 1 aliphatic heterocycles. The molecule has 2 heterocycles. The number of halogens is 1. The van der Waals surface area contributed by atoms with Gasteiger partial charge in [-0.25, -0.2) is 9.18 Å². The third-order valence-corrected chi connectivity index (χ3v) is 6.91. The average molecular weight is 456 g/mol. The van der Waals surface area contributed by atoms with Crippen LogP contribution in [0, 0.1) is 5.82 Å². The molecule has 1 N–H and O–H groups in total. The van der Waals surface area contributed by atoms with E-state index >= 15 is 0 Å². The van der Waals surface area contributed by atoms with Gasteiger partial charge in [0.2, 0.25) is 0 Å². The van der Waals surface area contributed by atoms with E-state index in [2.05, 4.69) is 5.32 Å². The van der Waals surface area contributed by atoms with E-state index in [0.29, 0.717) is 36.3 Å². The molecule has 4 rings (SSSR count). The monoisotopic (exact) mass is 455 g/mol. The Morgan fingerprint density at radius 2 is 2.00 bits per heavy atom. The molecule has 2 aromatic rings. The SMILES string of the molecule is CCOCCOC(=O)C1=C(C)NC2=C(C(=O)C[C@H](c3cccs3)C2)[C@@H]1c1ccccc1F. The summed E-state index contributed by atoms with van der Waals surface area (Å²) < 4.78 is 25.6. The molecule has 0 unspecified atom stereocenters. The second-order valence-electron chi connectivity index (χ2n) is 7.89.